The first-order valence-corrected chi connectivity index (χ1v) is 9.76. The van der Waals surface area contributed by atoms with E-state index >= 15 is 0 Å². The molecule has 0 aromatic heterocycles. The number of carbonyl (C=O) groups is 2. The quantitative estimate of drug-likeness (QED) is 0.751. The minimum Gasteiger partial charge on any atom is -0.441 e. The van der Waals surface area contributed by atoms with Gasteiger partial charge in [0.1, 0.15) is 11.4 Å². The van der Waals surface area contributed by atoms with E-state index in [1.54, 1.807) is 24.3 Å². The molecule has 1 heterocycles. The fraction of sp³-hybridized carbons (Fsp3) is 0.318. The SMILES string of the molecule is N#Cc1ccc(NC(=O)[C@H]2CC[C@]3(CC2)CN(c2ccc(F)cc2)C(=O)O3)c(N)c1. The molecule has 2 aromatic carbocycles. The molecule has 1 saturated carbocycles. The number of ether oxygens (including phenoxy) is 1. The number of nitrogens with two attached hydrogens (primary N) is 1. The van der Waals surface area contributed by atoms with E-state index in [0.29, 0.717) is 54.9 Å². The van der Waals surface area contributed by atoms with Crippen LogP contribution in [0.4, 0.5) is 26.2 Å². The Hall–Kier alpha value is -3.60. The predicted octanol–water partition coefficient (Wildman–Crippen LogP) is 3.80. The van der Waals surface area contributed by atoms with E-state index in [9.17, 15) is 14.0 Å². The van der Waals surface area contributed by atoms with Crippen LogP contribution in [-0.2, 0) is 9.53 Å². The van der Waals surface area contributed by atoms with Crippen molar-refractivity contribution in [3.63, 3.8) is 0 Å². The number of nitrogens with one attached hydrogen (secondary N) is 1. The second-order valence-corrected chi connectivity index (χ2v) is 7.79. The molecule has 0 atom stereocenters. The summed E-state index contributed by atoms with van der Waals surface area (Å²) in [5, 5.41) is 11.7. The Morgan fingerprint density at radius 1 is 1.23 bits per heavy atom. The average molecular weight is 408 g/mol. The van der Waals surface area contributed by atoms with Crippen molar-refractivity contribution in [1.29, 1.82) is 5.26 Å². The summed E-state index contributed by atoms with van der Waals surface area (Å²) < 4.78 is 18.9. The van der Waals surface area contributed by atoms with Crippen molar-refractivity contribution in [2.45, 2.75) is 31.3 Å². The van der Waals surface area contributed by atoms with Crippen LogP contribution in [0.5, 0.6) is 0 Å². The number of hydrogen-bond acceptors (Lipinski definition) is 5. The summed E-state index contributed by atoms with van der Waals surface area (Å²) in [6.07, 6.45) is 1.84. The van der Waals surface area contributed by atoms with Crippen molar-refractivity contribution in [2.75, 3.05) is 22.5 Å². The third-order valence-corrected chi connectivity index (χ3v) is 5.81. The lowest BCUT2D eigenvalue weighted by molar-refractivity contribution is -0.122. The molecular weight excluding hydrogens is 387 g/mol. The Balaban J connectivity index is 1.38. The number of hydrogen-bond donors (Lipinski definition) is 2. The van der Waals surface area contributed by atoms with Crippen molar-refractivity contribution in [3.05, 3.63) is 53.8 Å². The number of rotatable bonds is 3. The number of nitrogen functional groups attached to an aromatic ring is 1. The third-order valence-electron chi connectivity index (χ3n) is 5.81. The standard InChI is InChI=1S/C22H21FN4O3/c23-16-2-4-17(5-3-16)27-13-22(30-21(27)29)9-7-15(8-10-22)20(28)26-19-6-1-14(12-24)11-18(19)25/h1-6,11,15H,7-10,13,25H2,(H,26,28)/t15-,22-. The van der Waals surface area contributed by atoms with E-state index in [1.165, 1.54) is 23.1 Å². The molecule has 1 aliphatic heterocycles. The van der Waals surface area contributed by atoms with Crippen LogP contribution in [0, 0.1) is 23.1 Å². The van der Waals surface area contributed by atoms with Gasteiger partial charge in [-0.05, 0) is 68.1 Å². The summed E-state index contributed by atoms with van der Waals surface area (Å²) in [6, 6.07) is 12.5. The Kier molecular flexibility index (Phi) is 5.04. The molecule has 0 unspecified atom stereocenters. The average Bonchev–Trinajstić information content (AvgIpc) is 3.06. The molecule has 154 valence electrons. The smallest absolute Gasteiger partial charge is 0.415 e. The molecule has 2 aromatic rings. The van der Waals surface area contributed by atoms with Gasteiger partial charge in [-0.2, -0.15) is 5.26 Å². The van der Waals surface area contributed by atoms with E-state index in [4.69, 9.17) is 15.7 Å². The van der Waals surface area contributed by atoms with Crippen LogP contribution in [-0.4, -0.2) is 24.1 Å². The van der Waals surface area contributed by atoms with Gasteiger partial charge in [0.2, 0.25) is 5.91 Å². The number of amides is 2. The van der Waals surface area contributed by atoms with Gasteiger partial charge in [0.25, 0.3) is 0 Å². The summed E-state index contributed by atoms with van der Waals surface area (Å²) in [5.41, 5.74) is 7.13. The number of halogens is 1. The maximum absolute atomic E-state index is 13.2. The molecule has 3 N–H and O–H groups in total. The summed E-state index contributed by atoms with van der Waals surface area (Å²) in [7, 11) is 0. The topological polar surface area (TPSA) is 108 Å². The zero-order valence-electron chi connectivity index (χ0n) is 16.2. The number of carbonyl (C=O) groups excluding carboxylic acids is 2. The second kappa shape index (κ2) is 7.67. The van der Waals surface area contributed by atoms with Crippen LogP contribution in [0.3, 0.4) is 0 Å². The summed E-state index contributed by atoms with van der Waals surface area (Å²) in [5.74, 6) is -0.722. The van der Waals surface area contributed by atoms with Crippen LogP contribution >= 0.6 is 0 Å². The second-order valence-electron chi connectivity index (χ2n) is 7.79. The maximum Gasteiger partial charge on any atom is 0.415 e. The Morgan fingerprint density at radius 3 is 2.57 bits per heavy atom. The Morgan fingerprint density at radius 2 is 1.93 bits per heavy atom. The summed E-state index contributed by atoms with van der Waals surface area (Å²) >= 11 is 0. The number of anilines is 3. The molecule has 4 rings (SSSR count). The highest BCUT2D eigenvalue weighted by atomic mass is 19.1. The minimum absolute atomic E-state index is 0.138. The van der Waals surface area contributed by atoms with Crippen LogP contribution in [0.2, 0.25) is 0 Å². The molecular formula is C22H21FN4O3. The molecule has 2 amide bonds. The van der Waals surface area contributed by atoms with Crippen LogP contribution < -0.4 is 16.0 Å². The number of nitrogens with zero attached hydrogens (tertiary/aromatic N) is 2. The van der Waals surface area contributed by atoms with Gasteiger partial charge in [-0.25, -0.2) is 9.18 Å². The van der Waals surface area contributed by atoms with Gasteiger partial charge in [-0.15, -0.1) is 0 Å². The van der Waals surface area contributed by atoms with Crippen molar-refractivity contribution in [3.8, 4) is 6.07 Å². The number of nitriles is 1. The van der Waals surface area contributed by atoms with E-state index in [2.05, 4.69) is 5.32 Å². The molecule has 2 fully saturated rings. The van der Waals surface area contributed by atoms with Gasteiger partial charge in [0.15, 0.2) is 0 Å². The lowest BCUT2D eigenvalue weighted by atomic mass is 9.78. The predicted molar refractivity (Wildman–Crippen MR) is 109 cm³/mol. The van der Waals surface area contributed by atoms with Crippen LogP contribution in [0.25, 0.3) is 0 Å². The highest BCUT2D eigenvalue weighted by Crippen LogP contribution is 2.41. The van der Waals surface area contributed by atoms with E-state index in [-0.39, 0.29) is 17.6 Å². The largest absolute Gasteiger partial charge is 0.441 e. The first-order valence-electron chi connectivity index (χ1n) is 9.76. The van der Waals surface area contributed by atoms with Gasteiger partial charge in [0, 0.05) is 11.6 Å². The van der Waals surface area contributed by atoms with Crippen molar-refractivity contribution < 1.29 is 18.7 Å². The molecule has 30 heavy (non-hydrogen) atoms. The Labute approximate surface area is 173 Å². The Bertz CT molecular complexity index is 1020. The van der Waals surface area contributed by atoms with Crippen LogP contribution in [0.15, 0.2) is 42.5 Å². The van der Waals surface area contributed by atoms with E-state index < -0.39 is 11.7 Å². The maximum atomic E-state index is 13.2. The molecule has 0 radical (unpaired) electrons. The van der Waals surface area contributed by atoms with Gasteiger partial charge >= 0.3 is 6.09 Å². The van der Waals surface area contributed by atoms with E-state index in [1.807, 2.05) is 6.07 Å². The van der Waals surface area contributed by atoms with Crippen molar-refractivity contribution in [1.82, 2.24) is 0 Å². The van der Waals surface area contributed by atoms with Gasteiger partial charge in [-0.1, -0.05) is 0 Å². The molecule has 1 saturated heterocycles. The molecule has 7 nitrogen and oxygen atoms in total. The van der Waals surface area contributed by atoms with Crippen LogP contribution in [0.1, 0.15) is 31.2 Å². The monoisotopic (exact) mass is 408 g/mol. The normalized spacial score (nSPS) is 23.1. The van der Waals surface area contributed by atoms with Crippen molar-refractivity contribution in [2.24, 2.45) is 5.92 Å². The highest BCUT2D eigenvalue weighted by molar-refractivity contribution is 5.95. The fourth-order valence-corrected chi connectivity index (χ4v) is 4.09. The zero-order chi connectivity index (χ0) is 21.3. The van der Waals surface area contributed by atoms with E-state index in [0.717, 1.165) is 0 Å². The number of benzene rings is 2. The molecule has 1 aliphatic carbocycles. The fourth-order valence-electron chi connectivity index (χ4n) is 4.09. The summed E-state index contributed by atoms with van der Waals surface area (Å²) in [6.45, 7) is 0.383. The third kappa shape index (κ3) is 3.79. The molecule has 0 bridgehead atoms. The summed E-state index contributed by atoms with van der Waals surface area (Å²) in [4.78, 5) is 26.6. The highest BCUT2D eigenvalue weighted by Gasteiger charge is 2.48. The molecule has 2 aliphatic rings. The lowest BCUT2D eigenvalue weighted by Crippen LogP contribution is -2.41. The van der Waals surface area contributed by atoms with Crippen molar-refractivity contribution >= 4 is 29.1 Å². The first kappa shape index (κ1) is 19.7. The molecule has 8 heteroatoms. The minimum atomic E-state index is -0.629. The van der Waals surface area contributed by atoms with Gasteiger partial charge < -0.3 is 15.8 Å². The lowest BCUT2D eigenvalue weighted by Gasteiger charge is -2.34. The first-order chi connectivity index (χ1) is 14.4. The zero-order valence-corrected chi connectivity index (χ0v) is 16.2. The van der Waals surface area contributed by atoms with Gasteiger partial charge in [0.05, 0.1) is 29.6 Å². The molecule has 1 spiro atoms. The van der Waals surface area contributed by atoms with Gasteiger partial charge in [-0.3, -0.25) is 9.69 Å².